The molecule has 0 bridgehead atoms. The average molecular weight is 270 g/mol. The van der Waals surface area contributed by atoms with Crippen molar-refractivity contribution in [2.45, 2.75) is 39.2 Å². The summed E-state index contributed by atoms with van der Waals surface area (Å²) in [7, 11) is 0. The van der Waals surface area contributed by atoms with Crippen molar-refractivity contribution >= 4 is 0 Å². The molecule has 106 valence electrons. The molecule has 0 saturated heterocycles. The summed E-state index contributed by atoms with van der Waals surface area (Å²) in [4.78, 5) is 0. The molecule has 0 spiro atoms. The summed E-state index contributed by atoms with van der Waals surface area (Å²) in [6.07, 6.45) is 0.325. The van der Waals surface area contributed by atoms with E-state index in [4.69, 9.17) is 4.74 Å². The van der Waals surface area contributed by atoms with E-state index >= 15 is 0 Å². The second-order valence-electron chi connectivity index (χ2n) is 5.32. The second kappa shape index (κ2) is 6.58. The van der Waals surface area contributed by atoms with Crippen LogP contribution in [0.1, 0.15) is 50.3 Å². The van der Waals surface area contributed by atoms with Crippen molar-refractivity contribution in [2.75, 3.05) is 0 Å². The molecule has 2 aromatic rings. The molecule has 0 heterocycles. The van der Waals surface area contributed by atoms with Gasteiger partial charge in [0.25, 0.3) is 0 Å². The van der Waals surface area contributed by atoms with Crippen LogP contribution in [-0.4, -0.2) is 5.11 Å². The van der Waals surface area contributed by atoms with Gasteiger partial charge < -0.3 is 9.84 Å². The number of ether oxygens (including phenoxy) is 1. The number of benzene rings is 2. The van der Waals surface area contributed by atoms with Gasteiger partial charge in [-0.25, -0.2) is 0 Å². The zero-order valence-corrected chi connectivity index (χ0v) is 12.3. The van der Waals surface area contributed by atoms with E-state index < -0.39 is 6.10 Å². The zero-order chi connectivity index (χ0) is 14.5. The molecule has 0 aliphatic heterocycles. The van der Waals surface area contributed by atoms with Crippen molar-refractivity contribution in [3.63, 3.8) is 0 Å². The molecule has 20 heavy (non-hydrogen) atoms. The van der Waals surface area contributed by atoms with E-state index in [1.807, 2.05) is 43.3 Å². The highest BCUT2D eigenvalue weighted by Gasteiger charge is 2.05. The summed E-state index contributed by atoms with van der Waals surface area (Å²) in [5.41, 5.74) is 2.23. The fourth-order valence-corrected chi connectivity index (χ4v) is 2.05. The van der Waals surface area contributed by atoms with Gasteiger partial charge in [0.2, 0.25) is 0 Å². The standard InChI is InChI=1S/C18H22O2/c1-4-18(19)15-7-11-17(12-8-15)20-16-9-5-14(6-10-16)13(2)3/h5-13,18-19H,4H2,1-3H3. The average Bonchev–Trinajstić information content (AvgIpc) is 2.48. The lowest BCUT2D eigenvalue weighted by atomic mass is 10.0. The van der Waals surface area contributed by atoms with E-state index in [9.17, 15) is 5.11 Å². The van der Waals surface area contributed by atoms with Crippen molar-refractivity contribution in [3.8, 4) is 11.5 Å². The van der Waals surface area contributed by atoms with Gasteiger partial charge >= 0.3 is 0 Å². The molecule has 0 aromatic heterocycles. The Morgan fingerprint density at radius 3 is 1.70 bits per heavy atom. The van der Waals surface area contributed by atoms with Gasteiger partial charge in [-0.1, -0.05) is 45.0 Å². The predicted molar refractivity (Wildman–Crippen MR) is 82.3 cm³/mol. The van der Waals surface area contributed by atoms with Crippen molar-refractivity contribution in [2.24, 2.45) is 0 Å². The minimum absolute atomic E-state index is 0.394. The Kier molecular flexibility index (Phi) is 4.80. The first-order valence-electron chi connectivity index (χ1n) is 7.16. The van der Waals surface area contributed by atoms with Crippen LogP contribution in [0.25, 0.3) is 0 Å². The zero-order valence-electron chi connectivity index (χ0n) is 12.3. The fourth-order valence-electron chi connectivity index (χ4n) is 2.05. The van der Waals surface area contributed by atoms with Crippen LogP contribution >= 0.6 is 0 Å². The minimum Gasteiger partial charge on any atom is -0.457 e. The van der Waals surface area contributed by atoms with Crippen molar-refractivity contribution in [1.29, 1.82) is 0 Å². The first kappa shape index (κ1) is 14.6. The molecule has 2 rings (SSSR count). The van der Waals surface area contributed by atoms with Gasteiger partial charge in [0.1, 0.15) is 11.5 Å². The Morgan fingerprint density at radius 1 is 0.850 bits per heavy atom. The Bertz CT molecular complexity index is 526. The van der Waals surface area contributed by atoms with E-state index in [-0.39, 0.29) is 0 Å². The molecule has 1 N–H and O–H groups in total. The van der Waals surface area contributed by atoms with Crippen LogP contribution in [0.2, 0.25) is 0 Å². The number of hydrogen-bond acceptors (Lipinski definition) is 2. The molecular formula is C18H22O2. The van der Waals surface area contributed by atoms with Crippen LogP contribution in [0.3, 0.4) is 0 Å². The fraction of sp³-hybridized carbons (Fsp3) is 0.333. The van der Waals surface area contributed by atoms with Crippen LogP contribution in [0.15, 0.2) is 48.5 Å². The molecule has 2 heteroatoms. The van der Waals surface area contributed by atoms with Gasteiger partial charge in [-0.05, 0) is 47.7 Å². The molecule has 1 atom stereocenters. The highest BCUT2D eigenvalue weighted by molar-refractivity contribution is 5.35. The summed E-state index contributed by atoms with van der Waals surface area (Å²) < 4.78 is 5.80. The van der Waals surface area contributed by atoms with Crippen molar-refractivity contribution in [3.05, 3.63) is 59.7 Å². The van der Waals surface area contributed by atoms with Gasteiger partial charge in [-0.15, -0.1) is 0 Å². The van der Waals surface area contributed by atoms with Gasteiger partial charge in [0.15, 0.2) is 0 Å². The van der Waals surface area contributed by atoms with Crippen molar-refractivity contribution < 1.29 is 9.84 Å². The van der Waals surface area contributed by atoms with E-state index in [1.54, 1.807) is 0 Å². The highest BCUT2D eigenvalue weighted by Crippen LogP contribution is 2.25. The van der Waals surface area contributed by atoms with Crippen LogP contribution in [-0.2, 0) is 0 Å². The number of aliphatic hydroxyl groups excluding tert-OH is 1. The Hall–Kier alpha value is -1.80. The normalized spacial score (nSPS) is 12.4. The summed E-state index contributed by atoms with van der Waals surface area (Å²) in [6.45, 7) is 6.31. The molecule has 0 saturated carbocycles. The molecular weight excluding hydrogens is 248 g/mol. The van der Waals surface area contributed by atoms with E-state index in [1.165, 1.54) is 5.56 Å². The summed E-state index contributed by atoms with van der Waals surface area (Å²) >= 11 is 0. The first-order chi connectivity index (χ1) is 9.60. The van der Waals surface area contributed by atoms with Gasteiger partial charge in [0, 0.05) is 0 Å². The monoisotopic (exact) mass is 270 g/mol. The molecule has 0 aliphatic rings. The Labute approximate surface area is 121 Å². The van der Waals surface area contributed by atoms with Crippen molar-refractivity contribution in [1.82, 2.24) is 0 Å². The number of rotatable bonds is 5. The first-order valence-corrected chi connectivity index (χ1v) is 7.16. The lowest BCUT2D eigenvalue weighted by Crippen LogP contribution is -1.94. The third kappa shape index (κ3) is 3.61. The van der Waals surface area contributed by atoms with Crippen LogP contribution < -0.4 is 4.74 Å². The third-order valence-corrected chi connectivity index (χ3v) is 3.43. The third-order valence-electron chi connectivity index (χ3n) is 3.43. The second-order valence-corrected chi connectivity index (χ2v) is 5.32. The quantitative estimate of drug-likeness (QED) is 0.824. The Morgan fingerprint density at radius 2 is 1.30 bits per heavy atom. The molecule has 0 radical (unpaired) electrons. The van der Waals surface area contributed by atoms with Crippen LogP contribution in [0.5, 0.6) is 11.5 Å². The summed E-state index contributed by atoms with van der Waals surface area (Å²) in [5.74, 6) is 2.14. The van der Waals surface area contributed by atoms with E-state index in [0.717, 1.165) is 23.5 Å². The highest BCUT2D eigenvalue weighted by atomic mass is 16.5. The molecule has 1 unspecified atom stereocenters. The SMILES string of the molecule is CCC(O)c1ccc(Oc2ccc(C(C)C)cc2)cc1. The lowest BCUT2D eigenvalue weighted by Gasteiger charge is -2.11. The maximum absolute atomic E-state index is 9.75. The Balaban J connectivity index is 2.06. The van der Waals surface area contributed by atoms with E-state index in [0.29, 0.717) is 5.92 Å². The smallest absolute Gasteiger partial charge is 0.127 e. The van der Waals surface area contributed by atoms with Crippen LogP contribution in [0, 0.1) is 0 Å². The number of hydrogen-bond donors (Lipinski definition) is 1. The topological polar surface area (TPSA) is 29.5 Å². The molecule has 2 nitrogen and oxygen atoms in total. The maximum Gasteiger partial charge on any atom is 0.127 e. The number of aliphatic hydroxyl groups is 1. The molecule has 0 amide bonds. The predicted octanol–water partition coefficient (Wildman–Crippen LogP) is 5.05. The molecule has 0 aliphatic carbocycles. The van der Waals surface area contributed by atoms with Gasteiger partial charge in [0.05, 0.1) is 6.10 Å². The summed E-state index contributed by atoms with van der Waals surface area (Å²) in [5, 5.41) is 9.75. The van der Waals surface area contributed by atoms with E-state index in [2.05, 4.69) is 26.0 Å². The summed E-state index contributed by atoms with van der Waals surface area (Å²) in [6, 6.07) is 15.8. The maximum atomic E-state index is 9.75. The molecule has 2 aromatic carbocycles. The van der Waals surface area contributed by atoms with Crippen LogP contribution in [0.4, 0.5) is 0 Å². The minimum atomic E-state index is -0.394. The molecule has 0 fully saturated rings. The lowest BCUT2D eigenvalue weighted by molar-refractivity contribution is 0.173. The van der Waals surface area contributed by atoms with Gasteiger partial charge in [-0.2, -0.15) is 0 Å². The van der Waals surface area contributed by atoms with Gasteiger partial charge in [-0.3, -0.25) is 0 Å². The largest absolute Gasteiger partial charge is 0.457 e.